The highest BCUT2D eigenvalue weighted by atomic mass is 32.2. The van der Waals surface area contributed by atoms with E-state index in [0.717, 1.165) is 17.5 Å². The van der Waals surface area contributed by atoms with E-state index in [1.54, 1.807) is 17.0 Å². The number of benzene rings is 2. The molecule has 2 aromatic carbocycles. The number of hydrogen-bond acceptors (Lipinski definition) is 3. The Morgan fingerprint density at radius 2 is 1.67 bits per heavy atom. The minimum Gasteiger partial charge on any atom is -0.339 e. The van der Waals surface area contributed by atoms with Crippen LogP contribution in [0.5, 0.6) is 0 Å². The van der Waals surface area contributed by atoms with E-state index in [2.05, 4.69) is 0 Å². The number of rotatable bonds is 5. The monoisotopic (exact) mass is 428 g/mol. The van der Waals surface area contributed by atoms with Gasteiger partial charge in [0.15, 0.2) is 0 Å². The lowest BCUT2D eigenvalue weighted by Gasteiger charge is -2.45. The first kappa shape index (κ1) is 20.8. The fourth-order valence-corrected chi connectivity index (χ4v) is 5.38. The van der Waals surface area contributed by atoms with Crippen LogP contribution in [0.1, 0.15) is 30.4 Å². The second-order valence-corrected chi connectivity index (χ2v) is 9.71. The first-order valence-electron chi connectivity index (χ1n) is 10.2. The molecule has 1 aliphatic heterocycles. The maximum absolute atomic E-state index is 13.7. The van der Waals surface area contributed by atoms with E-state index in [1.807, 2.05) is 36.4 Å². The number of piperazine rings is 1. The van der Waals surface area contributed by atoms with Crippen LogP contribution in [0.3, 0.4) is 0 Å². The zero-order chi connectivity index (χ0) is 21.2. The van der Waals surface area contributed by atoms with Gasteiger partial charge in [0, 0.05) is 31.6 Å². The van der Waals surface area contributed by atoms with Gasteiger partial charge in [-0.3, -0.25) is 4.79 Å². The Labute approximate surface area is 176 Å². The summed E-state index contributed by atoms with van der Waals surface area (Å²) in [4.78, 5) is 15.0. The summed E-state index contributed by atoms with van der Waals surface area (Å²) in [6, 6.07) is 15.5. The standard InChI is InChI=1S/C23H25FN2O3S/c24-21-9-4-8-20(18-21)23(11-5-12-23)22(27)25-13-15-26(16-14-25)30(28,29)17-10-19-6-2-1-3-7-19/h1-4,6-10,17-18H,5,11-16H2/b17-10+. The molecular weight excluding hydrogens is 403 g/mol. The quantitative estimate of drug-likeness (QED) is 0.734. The Morgan fingerprint density at radius 3 is 2.27 bits per heavy atom. The predicted octanol–water partition coefficient (Wildman–Crippen LogP) is 3.39. The van der Waals surface area contributed by atoms with E-state index in [1.165, 1.54) is 21.8 Å². The molecule has 1 heterocycles. The molecule has 4 rings (SSSR count). The van der Waals surface area contributed by atoms with E-state index in [9.17, 15) is 17.6 Å². The summed E-state index contributed by atoms with van der Waals surface area (Å²) in [5, 5.41) is 1.22. The van der Waals surface area contributed by atoms with Crippen molar-refractivity contribution in [3.05, 3.63) is 76.9 Å². The fraction of sp³-hybridized carbons (Fsp3) is 0.348. The Morgan fingerprint density at radius 1 is 0.967 bits per heavy atom. The molecule has 1 saturated heterocycles. The molecule has 0 radical (unpaired) electrons. The molecule has 1 aliphatic carbocycles. The smallest absolute Gasteiger partial charge is 0.236 e. The Bertz CT molecular complexity index is 1040. The van der Waals surface area contributed by atoms with Crippen molar-refractivity contribution in [2.24, 2.45) is 0 Å². The lowest BCUT2D eigenvalue weighted by molar-refractivity contribution is -0.142. The van der Waals surface area contributed by atoms with Gasteiger partial charge >= 0.3 is 0 Å². The summed E-state index contributed by atoms with van der Waals surface area (Å²) in [6.45, 7) is 1.20. The predicted molar refractivity (Wildman–Crippen MR) is 114 cm³/mol. The third kappa shape index (κ3) is 4.04. The van der Waals surface area contributed by atoms with Crippen LogP contribution < -0.4 is 0 Å². The molecule has 2 aliphatic rings. The van der Waals surface area contributed by atoms with Gasteiger partial charge < -0.3 is 4.90 Å². The minimum absolute atomic E-state index is 0.0174. The highest BCUT2D eigenvalue weighted by molar-refractivity contribution is 7.92. The van der Waals surface area contributed by atoms with Gasteiger partial charge in [0.1, 0.15) is 5.82 Å². The van der Waals surface area contributed by atoms with Gasteiger partial charge in [-0.1, -0.05) is 48.9 Å². The molecule has 158 valence electrons. The number of carbonyl (C=O) groups excluding carboxylic acids is 1. The minimum atomic E-state index is -3.55. The zero-order valence-electron chi connectivity index (χ0n) is 16.7. The van der Waals surface area contributed by atoms with Crippen molar-refractivity contribution in [1.82, 2.24) is 9.21 Å². The normalized spacial score (nSPS) is 19.6. The molecule has 0 atom stereocenters. The second-order valence-electron chi connectivity index (χ2n) is 7.90. The summed E-state index contributed by atoms with van der Waals surface area (Å²) >= 11 is 0. The lowest BCUT2D eigenvalue weighted by atomic mass is 9.63. The maximum atomic E-state index is 13.7. The molecule has 2 aromatic rings. The Hall–Kier alpha value is -2.51. The van der Waals surface area contributed by atoms with E-state index in [-0.39, 0.29) is 24.8 Å². The molecule has 30 heavy (non-hydrogen) atoms. The van der Waals surface area contributed by atoms with Crippen LogP contribution in [0.4, 0.5) is 4.39 Å². The maximum Gasteiger partial charge on any atom is 0.236 e. The number of nitrogens with zero attached hydrogens (tertiary/aromatic N) is 2. The Balaban J connectivity index is 1.43. The van der Waals surface area contributed by atoms with Crippen LogP contribution in [-0.2, 0) is 20.2 Å². The lowest BCUT2D eigenvalue weighted by Crippen LogP contribution is -2.57. The van der Waals surface area contributed by atoms with Crippen molar-refractivity contribution in [2.45, 2.75) is 24.7 Å². The molecule has 7 heteroatoms. The molecule has 0 unspecified atom stereocenters. The number of amides is 1. The second kappa shape index (κ2) is 8.32. The summed E-state index contributed by atoms with van der Waals surface area (Å²) in [6.07, 6.45) is 3.92. The van der Waals surface area contributed by atoms with Gasteiger partial charge in [0.2, 0.25) is 15.9 Å². The SMILES string of the molecule is O=C(N1CCN(S(=O)(=O)/C=C/c2ccccc2)CC1)C1(c2cccc(F)c2)CCC1. The molecule has 0 spiro atoms. The van der Waals surface area contributed by atoms with Crippen molar-refractivity contribution in [3.8, 4) is 0 Å². The first-order valence-corrected chi connectivity index (χ1v) is 11.7. The highest BCUT2D eigenvalue weighted by Gasteiger charge is 2.48. The first-order chi connectivity index (χ1) is 14.4. The molecule has 1 amide bonds. The number of halogens is 1. The molecule has 0 N–H and O–H groups in total. The van der Waals surface area contributed by atoms with Crippen molar-refractivity contribution in [3.63, 3.8) is 0 Å². The summed E-state index contributed by atoms with van der Waals surface area (Å²) < 4.78 is 40.5. The van der Waals surface area contributed by atoms with Crippen LogP contribution in [0.15, 0.2) is 60.0 Å². The third-order valence-electron chi connectivity index (χ3n) is 6.11. The van der Waals surface area contributed by atoms with E-state index in [0.29, 0.717) is 25.9 Å². The van der Waals surface area contributed by atoms with Crippen molar-refractivity contribution >= 4 is 22.0 Å². The largest absolute Gasteiger partial charge is 0.339 e. The molecular formula is C23H25FN2O3S. The molecule has 0 aromatic heterocycles. The fourth-order valence-electron chi connectivity index (χ4n) is 4.21. The van der Waals surface area contributed by atoms with Crippen LogP contribution in [0.25, 0.3) is 6.08 Å². The van der Waals surface area contributed by atoms with Crippen LogP contribution in [0, 0.1) is 5.82 Å². The molecule has 5 nitrogen and oxygen atoms in total. The van der Waals surface area contributed by atoms with Crippen molar-refractivity contribution in [2.75, 3.05) is 26.2 Å². The topological polar surface area (TPSA) is 57.7 Å². The van der Waals surface area contributed by atoms with Crippen molar-refractivity contribution < 1.29 is 17.6 Å². The molecule has 0 bridgehead atoms. The summed E-state index contributed by atoms with van der Waals surface area (Å²) in [5.74, 6) is -0.357. The van der Waals surface area contributed by atoms with Gasteiger partial charge in [-0.05, 0) is 42.2 Å². The summed E-state index contributed by atoms with van der Waals surface area (Å²) in [5.41, 5.74) is 0.868. The number of sulfonamides is 1. The van der Waals surface area contributed by atoms with Crippen molar-refractivity contribution in [1.29, 1.82) is 0 Å². The van der Waals surface area contributed by atoms with E-state index in [4.69, 9.17) is 0 Å². The number of carbonyl (C=O) groups is 1. The highest BCUT2D eigenvalue weighted by Crippen LogP contribution is 2.45. The zero-order valence-corrected chi connectivity index (χ0v) is 17.5. The third-order valence-corrected chi connectivity index (χ3v) is 7.68. The van der Waals surface area contributed by atoms with E-state index < -0.39 is 15.4 Å². The average Bonchev–Trinajstić information content (AvgIpc) is 2.72. The van der Waals surface area contributed by atoms with Crippen LogP contribution >= 0.6 is 0 Å². The number of hydrogen-bond donors (Lipinski definition) is 0. The van der Waals surface area contributed by atoms with Gasteiger partial charge in [0.25, 0.3) is 0 Å². The van der Waals surface area contributed by atoms with Crippen LogP contribution in [-0.4, -0.2) is 49.7 Å². The Kier molecular flexibility index (Phi) is 5.75. The van der Waals surface area contributed by atoms with Gasteiger partial charge in [-0.25, -0.2) is 12.8 Å². The molecule has 2 fully saturated rings. The molecule has 1 saturated carbocycles. The van der Waals surface area contributed by atoms with Gasteiger partial charge in [0.05, 0.1) is 5.41 Å². The summed E-state index contributed by atoms with van der Waals surface area (Å²) in [7, 11) is -3.55. The average molecular weight is 429 g/mol. The van der Waals surface area contributed by atoms with Gasteiger partial charge in [-0.2, -0.15) is 4.31 Å². The van der Waals surface area contributed by atoms with E-state index >= 15 is 0 Å². The van der Waals surface area contributed by atoms with Gasteiger partial charge in [-0.15, -0.1) is 0 Å². The van der Waals surface area contributed by atoms with Crippen LogP contribution in [0.2, 0.25) is 0 Å².